The zero-order valence-corrected chi connectivity index (χ0v) is 13.9. The van der Waals surface area contributed by atoms with Crippen LogP contribution in [0.25, 0.3) is 0 Å². The molecular weight excluding hydrogens is 244 g/mol. The Kier molecular flexibility index (Phi) is 7.37. The predicted octanol–water partition coefficient (Wildman–Crippen LogP) is 4.20. The molecule has 2 aliphatic rings. The number of hydrogen-bond acceptors (Lipinski definition) is 2. The van der Waals surface area contributed by atoms with Crippen LogP contribution in [0.1, 0.15) is 78.1 Å². The molecule has 1 unspecified atom stereocenters. The van der Waals surface area contributed by atoms with Crippen molar-refractivity contribution in [3.63, 3.8) is 0 Å². The highest BCUT2D eigenvalue weighted by molar-refractivity contribution is 4.84. The quantitative estimate of drug-likeness (QED) is 0.717. The molecule has 0 spiro atoms. The van der Waals surface area contributed by atoms with Crippen LogP contribution in [0.2, 0.25) is 0 Å². The second kappa shape index (κ2) is 9.04. The average molecular weight is 280 g/mol. The van der Waals surface area contributed by atoms with Crippen LogP contribution in [0.5, 0.6) is 0 Å². The molecule has 1 N–H and O–H groups in total. The summed E-state index contributed by atoms with van der Waals surface area (Å²) in [6.45, 7) is 8.55. The monoisotopic (exact) mass is 280 g/mol. The molecule has 1 atom stereocenters. The molecule has 2 rings (SSSR count). The lowest BCUT2D eigenvalue weighted by atomic mass is 9.82. The highest BCUT2D eigenvalue weighted by atomic mass is 15.2. The van der Waals surface area contributed by atoms with Crippen LogP contribution >= 0.6 is 0 Å². The van der Waals surface area contributed by atoms with Crippen molar-refractivity contribution in [1.82, 2.24) is 10.2 Å². The van der Waals surface area contributed by atoms with Crippen molar-refractivity contribution in [3.05, 3.63) is 0 Å². The zero-order valence-electron chi connectivity index (χ0n) is 13.9. The molecular formula is C18H36N2. The van der Waals surface area contributed by atoms with Crippen LogP contribution < -0.4 is 5.32 Å². The molecule has 20 heavy (non-hydrogen) atoms. The molecule has 0 aromatic heterocycles. The molecule has 1 saturated carbocycles. The summed E-state index contributed by atoms with van der Waals surface area (Å²) in [6, 6.07) is 1.66. The lowest BCUT2D eigenvalue weighted by Crippen LogP contribution is -2.45. The van der Waals surface area contributed by atoms with Crippen molar-refractivity contribution in [2.75, 3.05) is 19.6 Å². The normalized spacial score (nSPS) is 31.1. The lowest BCUT2D eigenvalue weighted by molar-refractivity contribution is 0.122. The van der Waals surface area contributed by atoms with E-state index in [9.17, 15) is 0 Å². The minimum Gasteiger partial charge on any atom is -0.313 e. The van der Waals surface area contributed by atoms with Crippen LogP contribution in [0.15, 0.2) is 0 Å². The van der Waals surface area contributed by atoms with Gasteiger partial charge in [-0.25, -0.2) is 0 Å². The molecule has 1 aliphatic heterocycles. The summed E-state index contributed by atoms with van der Waals surface area (Å²) in [6.07, 6.45) is 14.2. The lowest BCUT2D eigenvalue weighted by Gasteiger charge is -2.38. The summed E-state index contributed by atoms with van der Waals surface area (Å²) in [5, 5.41) is 3.69. The van der Waals surface area contributed by atoms with Gasteiger partial charge in [-0.1, -0.05) is 33.1 Å². The van der Waals surface area contributed by atoms with Crippen LogP contribution in [-0.4, -0.2) is 36.6 Å². The van der Waals surface area contributed by atoms with E-state index >= 15 is 0 Å². The number of unbranched alkanes of at least 4 members (excludes halogenated alkanes) is 1. The van der Waals surface area contributed by atoms with Crippen LogP contribution in [0.3, 0.4) is 0 Å². The number of hydrogen-bond donors (Lipinski definition) is 1. The highest BCUT2D eigenvalue weighted by Crippen LogP contribution is 2.31. The van der Waals surface area contributed by atoms with Crippen molar-refractivity contribution in [1.29, 1.82) is 0 Å². The van der Waals surface area contributed by atoms with Crippen LogP contribution in [0, 0.1) is 5.92 Å². The van der Waals surface area contributed by atoms with E-state index in [1.165, 1.54) is 83.8 Å². The second-order valence-electron chi connectivity index (χ2n) is 7.10. The van der Waals surface area contributed by atoms with E-state index in [4.69, 9.17) is 0 Å². The van der Waals surface area contributed by atoms with Crippen molar-refractivity contribution >= 4 is 0 Å². The fraction of sp³-hybridized carbons (Fsp3) is 1.00. The molecule has 1 saturated heterocycles. The molecule has 0 amide bonds. The van der Waals surface area contributed by atoms with Gasteiger partial charge in [-0.05, 0) is 64.0 Å². The first-order valence-corrected chi connectivity index (χ1v) is 9.30. The molecule has 2 heteroatoms. The molecule has 2 fully saturated rings. The summed E-state index contributed by atoms with van der Waals surface area (Å²) in [7, 11) is 0. The summed E-state index contributed by atoms with van der Waals surface area (Å²) in [4.78, 5) is 2.84. The first-order chi connectivity index (χ1) is 9.83. The van der Waals surface area contributed by atoms with E-state index in [1.807, 2.05) is 0 Å². The summed E-state index contributed by atoms with van der Waals surface area (Å²) < 4.78 is 0. The fourth-order valence-corrected chi connectivity index (χ4v) is 4.19. The van der Waals surface area contributed by atoms with Gasteiger partial charge in [-0.2, -0.15) is 0 Å². The smallest absolute Gasteiger partial charge is 0.0195 e. The Labute approximate surface area is 126 Å². The average Bonchev–Trinajstić information content (AvgIpc) is 2.98. The van der Waals surface area contributed by atoms with E-state index in [0.29, 0.717) is 0 Å². The van der Waals surface area contributed by atoms with Crippen molar-refractivity contribution < 1.29 is 0 Å². The SMILES string of the molecule is CCCCN(CC1CCCN1)C1CCC(CCC)CC1. The Hall–Kier alpha value is -0.0800. The maximum absolute atomic E-state index is 3.69. The Balaban J connectivity index is 1.79. The molecule has 0 aromatic rings. The van der Waals surface area contributed by atoms with E-state index in [-0.39, 0.29) is 0 Å². The third-order valence-electron chi connectivity index (χ3n) is 5.45. The van der Waals surface area contributed by atoms with Crippen molar-refractivity contribution in [3.8, 4) is 0 Å². The van der Waals surface area contributed by atoms with Gasteiger partial charge in [0.15, 0.2) is 0 Å². The molecule has 0 radical (unpaired) electrons. The minimum absolute atomic E-state index is 0.778. The largest absolute Gasteiger partial charge is 0.313 e. The van der Waals surface area contributed by atoms with E-state index in [1.54, 1.807) is 0 Å². The van der Waals surface area contributed by atoms with Gasteiger partial charge >= 0.3 is 0 Å². The topological polar surface area (TPSA) is 15.3 Å². The highest BCUT2D eigenvalue weighted by Gasteiger charge is 2.27. The van der Waals surface area contributed by atoms with Gasteiger partial charge in [0.2, 0.25) is 0 Å². The Morgan fingerprint density at radius 3 is 2.40 bits per heavy atom. The molecule has 1 heterocycles. The Morgan fingerprint density at radius 2 is 1.80 bits per heavy atom. The number of nitrogens with zero attached hydrogens (tertiary/aromatic N) is 1. The minimum atomic E-state index is 0.778. The first-order valence-electron chi connectivity index (χ1n) is 9.30. The van der Waals surface area contributed by atoms with Gasteiger partial charge in [0, 0.05) is 18.6 Å². The van der Waals surface area contributed by atoms with E-state index in [0.717, 1.165) is 18.0 Å². The molecule has 1 aliphatic carbocycles. The van der Waals surface area contributed by atoms with Gasteiger partial charge in [0.25, 0.3) is 0 Å². The molecule has 0 aromatic carbocycles. The number of rotatable bonds is 8. The second-order valence-corrected chi connectivity index (χ2v) is 7.10. The van der Waals surface area contributed by atoms with Crippen LogP contribution in [-0.2, 0) is 0 Å². The zero-order chi connectivity index (χ0) is 14.2. The summed E-state index contributed by atoms with van der Waals surface area (Å²) >= 11 is 0. The van der Waals surface area contributed by atoms with Gasteiger partial charge in [-0.15, -0.1) is 0 Å². The Morgan fingerprint density at radius 1 is 1.00 bits per heavy atom. The van der Waals surface area contributed by atoms with Gasteiger partial charge in [0.1, 0.15) is 0 Å². The maximum Gasteiger partial charge on any atom is 0.0195 e. The summed E-state index contributed by atoms with van der Waals surface area (Å²) in [5.74, 6) is 1.04. The van der Waals surface area contributed by atoms with Crippen molar-refractivity contribution in [2.45, 2.75) is 90.1 Å². The van der Waals surface area contributed by atoms with Gasteiger partial charge in [0.05, 0.1) is 0 Å². The van der Waals surface area contributed by atoms with Gasteiger partial charge < -0.3 is 5.32 Å². The maximum atomic E-state index is 3.69. The van der Waals surface area contributed by atoms with Crippen LogP contribution in [0.4, 0.5) is 0 Å². The van der Waals surface area contributed by atoms with Gasteiger partial charge in [-0.3, -0.25) is 4.90 Å². The third kappa shape index (κ3) is 5.04. The molecule has 0 bridgehead atoms. The molecule has 118 valence electrons. The summed E-state index contributed by atoms with van der Waals surface area (Å²) in [5.41, 5.74) is 0. The Bertz CT molecular complexity index is 240. The van der Waals surface area contributed by atoms with E-state index < -0.39 is 0 Å². The first kappa shape index (κ1) is 16.3. The standard InChI is InChI=1S/C18H36N2/c1-3-5-14-20(15-17-8-6-13-19-17)18-11-9-16(7-4-2)10-12-18/h16-19H,3-15H2,1-2H3. The third-order valence-corrected chi connectivity index (χ3v) is 5.45. The predicted molar refractivity (Wildman–Crippen MR) is 88.2 cm³/mol. The van der Waals surface area contributed by atoms with Crippen molar-refractivity contribution in [2.24, 2.45) is 5.92 Å². The molecule has 2 nitrogen and oxygen atoms in total. The number of nitrogens with one attached hydrogen (secondary N) is 1. The fourth-order valence-electron chi connectivity index (χ4n) is 4.19. The van der Waals surface area contributed by atoms with E-state index in [2.05, 4.69) is 24.1 Å².